The highest BCUT2D eigenvalue weighted by molar-refractivity contribution is 7.89. The Labute approximate surface area is 160 Å². The van der Waals surface area contributed by atoms with E-state index in [-0.39, 0.29) is 0 Å². The normalized spacial score (nSPS) is 19.4. The maximum absolute atomic E-state index is 13.3. The van der Waals surface area contributed by atoms with E-state index >= 15 is 0 Å². The van der Waals surface area contributed by atoms with Crippen molar-refractivity contribution in [1.82, 2.24) is 9.21 Å². The van der Waals surface area contributed by atoms with Crippen LogP contribution in [-0.2, 0) is 23.0 Å². The third kappa shape index (κ3) is 2.83. The van der Waals surface area contributed by atoms with Crippen molar-refractivity contribution in [3.8, 4) is 0 Å². The molecule has 0 atom stereocenters. The minimum atomic E-state index is -3.42. The van der Waals surface area contributed by atoms with Crippen LogP contribution in [0, 0.1) is 27.7 Å². The van der Waals surface area contributed by atoms with E-state index in [1.807, 2.05) is 39.0 Å². The second-order valence-electron chi connectivity index (χ2n) is 7.65. The Morgan fingerprint density at radius 2 is 1.73 bits per heavy atom. The van der Waals surface area contributed by atoms with E-state index in [1.54, 1.807) is 4.31 Å². The summed E-state index contributed by atoms with van der Waals surface area (Å²) in [6.07, 6.45) is 1.09. The van der Waals surface area contributed by atoms with Gasteiger partial charge in [-0.3, -0.25) is 4.90 Å². The molecule has 1 fully saturated rings. The Kier molecular flexibility index (Phi) is 4.50. The van der Waals surface area contributed by atoms with Gasteiger partial charge in [0.25, 0.3) is 0 Å². The first-order valence-electron chi connectivity index (χ1n) is 9.16. The van der Waals surface area contributed by atoms with Gasteiger partial charge in [0.15, 0.2) is 0 Å². The fourth-order valence-corrected chi connectivity index (χ4v) is 7.10. The largest absolute Gasteiger partial charge is 0.293 e. The van der Waals surface area contributed by atoms with Gasteiger partial charge in [0.05, 0.1) is 4.90 Å². The zero-order valence-electron chi connectivity index (χ0n) is 15.9. The van der Waals surface area contributed by atoms with E-state index in [2.05, 4.69) is 22.4 Å². The summed E-state index contributed by atoms with van der Waals surface area (Å²) >= 11 is 1.84. The second-order valence-corrected chi connectivity index (χ2v) is 10.5. The van der Waals surface area contributed by atoms with Crippen LogP contribution in [0.2, 0.25) is 0 Å². The Bertz CT molecular complexity index is 930. The summed E-state index contributed by atoms with van der Waals surface area (Å²) in [5.41, 5.74) is 5.29. The van der Waals surface area contributed by atoms with E-state index in [0.717, 1.165) is 41.8 Å². The first-order chi connectivity index (χ1) is 12.3. The van der Waals surface area contributed by atoms with E-state index in [4.69, 9.17) is 0 Å². The lowest BCUT2D eigenvalue weighted by Crippen LogP contribution is -2.61. The molecular weight excluding hydrogens is 364 g/mol. The standard InChI is InChI=1S/C20H26N2O2S2/c1-13-9-14(2)16(4)20(15(13)3)26(23,24)22-11-18(12-22)21-7-5-19-17(10-21)6-8-25-19/h6,8-9,18H,5,7,10-12H2,1-4H3. The molecule has 0 unspecified atom stereocenters. The second kappa shape index (κ2) is 6.44. The van der Waals surface area contributed by atoms with E-state index in [9.17, 15) is 8.42 Å². The summed E-state index contributed by atoms with van der Waals surface area (Å²) < 4.78 is 28.2. The molecule has 0 spiro atoms. The summed E-state index contributed by atoms with van der Waals surface area (Å²) in [5.74, 6) is 0. The van der Waals surface area contributed by atoms with Crippen LogP contribution in [0.3, 0.4) is 0 Å². The molecule has 6 heteroatoms. The highest BCUT2D eigenvalue weighted by Gasteiger charge is 2.41. The summed E-state index contributed by atoms with van der Waals surface area (Å²) in [4.78, 5) is 4.46. The number of rotatable bonds is 3. The van der Waals surface area contributed by atoms with Crippen molar-refractivity contribution in [2.24, 2.45) is 0 Å². The number of benzene rings is 1. The van der Waals surface area contributed by atoms with Gasteiger partial charge in [-0.15, -0.1) is 11.3 Å². The zero-order valence-corrected chi connectivity index (χ0v) is 17.5. The van der Waals surface area contributed by atoms with Gasteiger partial charge in [-0.1, -0.05) is 6.07 Å². The predicted molar refractivity (Wildman–Crippen MR) is 106 cm³/mol. The molecule has 0 saturated carbocycles. The number of nitrogens with zero attached hydrogens (tertiary/aromatic N) is 2. The Morgan fingerprint density at radius 3 is 2.38 bits per heavy atom. The van der Waals surface area contributed by atoms with Crippen LogP contribution in [0.15, 0.2) is 22.4 Å². The molecule has 3 heterocycles. The molecule has 26 heavy (non-hydrogen) atoms. The molecule has 0 bridgehead atoms. The number of thiophene rings is 1. The van der Waals surface area contributed by atoms with Crippen molar-refractivity contribution in [3.05, 3.63) is 50.2 Å². The van der Waals surface area contributed by atoms with Crippen LogP contribution in [0.5, 0.6) is 0 Å². The van der Waals surface area contributed by atoms with Crippen LogP contribution in [0.4, 0.5) is 0 Å². The molecule has 2 aromatic rings. The van der Waals surface area contributed by atoms with Crippen molar-refractivity contribution in [2.45, 2.75) is 51.6 Å². The van der Waals surface area contributed by atoms with Gasteiger partial charge >= 0.3 is 0 Å². The molecule has 0 N–H and O–H groups in total. The average molecular weight is 391 g/mol. The molecule has 0 radical (unpaired) electrons. The molecule has 140 valence electrons. The summed E-state index contributed by atoms with van der Waals surface area (Å²) in [7, 11) is -3.42. The van der Waals surface area contributed by atoms with Gasteiger partial charge in [-0.25, -0.2) is 8.42 Å². The van der Waals surface area contributed by atoms with Crippen LogP contribution in [0.1, 0.15) is 32.7 Å². The van der Waals surface area contributed by atoms with Crippen LogP contribution >= 0.6 is 11.3 Å². The predicted octanol–water partition coefficient (Wildman–Crippen LogP) is 3.41. The van der Waals surface area contributed by atoms with Crippen LogP contribution in [-0.4, -0.2) is 43.3 Å². The fourth-order valence-electron chi connectivity index (χ4n) is 4.12. The minimum Gasteiger partial charge on any atom is -0.293 e. The third-order valence-corrected chi connectivity index (χ3v) is 9.21. The highest BCUT2D eigenvalue weighted by atomic mass is 32.2. The van der Waals surface area contributed by atoms with Crippen molar-refractivity contribution < 1.29 is 8.42 Å². The van der Waals surface area contributed by atoms with Crippen LogP contribution < -0.4 is 0 Å². The molecule has 1 saturated heterocycles. The number of hydrogen-bond acceptors (Lipinski definition) is 4. The Morgan fingerprint density at radius 1 is 1.08 bits per heavy atom. The molecule has 0 amide bonds. The molecule has 0 aliphatic carbocycles. The third-order valence-electron chi connectivity index (χ3n) is 6.08. The SMILES string of the molecule is Cc1cc(C)c(C)c(S(=O)(=O)N2CC(N3CCc4sccc4C3)C2)c1C. The summed E-state index contributed by atoms with van der Waals surface area (Å²) in [6, 6.07) is 4.63. The molecule has 4 rings (SSSR count). The monoisotopic (exact) mass is 390 g/mol. The summed E-state index contributed by atoms with van der Waals surface area (Å²) in [5, 5.41) is 2.16. The first-order valence-corrected chi connectivity index (χ1v) is 11.5. The van der Waals surface area contributed by atoms with Gasteiger partial charge in [0.1, 0.15) is 0 Å². The van der Waals surface area contributed by atoms with E-state index in [0.29, 0.717) is 24.0 Å². The molecule has 2 aliphatic heterocycles. The topological polar surface area (TPSA) is 40.6 Å². The number of sulfonamides is 1. The zero-order chi connectivity index (χ0) is 18.6. The van der Waals surface area contributed by atoms with E-state index in [1.165, 1.54) is 10.4 Å². The average Bonchev–Trinajstić information content (AvgIpc) is 2.99. The quantitative estimate of drug-likeness (QED) is 0.806. The van der Waals surface area contributed by atoms with Gasteiger partial charge in [0.2, 0.25) is 10.0 Å². The fraction of sp³-hybridized carbons (Fsp3) is 0.500. The maximum Gasteiger partial charge on any atom is 0.243 e. The molecule has 2 aliphatic rings. The van der Waals surface area contributed by atoms with Crippen molar-refractivity contribution in [1.29, 1.82) is 0 Å². The first kappa shape index (κ1) is 18.2. The van der Waals surface area contributed by atoms with Gasteiger partial charge in [-0.05, 0) is 73.4 Å². The van der Waals surface area contributed by atoms with Crippen molar-refractivity contribution >= 4 is 21.4 Å². The number of hydrogen-bond donors (Lipinski definition) is 0. The van der Waals surface area contributed by atoms with Gasteiger partial charge < -0.3 is 0 Å². The number of aryl methyl sites for hydroxylation is 2. The van der Waals surface area contributed by atoms with Gasteiger partial charge in [0, 0.05) is 37.1 Å². The lowest BCUT2D eigenvalue weighted by atomic mass is 10.0. The van der Waals surface area contributed by atoms with Gasteiger partial charge in [-0.2, -0.15) is 4.31 Å². The van der Waals surface area contributed by atoms with Crippen molar-refractivity contribution in [3.63, 3.8) is 0 Å². The highest BCUT2D eigenvalue weighted by Crippen LogP contribution is 2.33. The Balaban J connectivity index is 1.52. The smallest absolute Gasteiger partial charge is 0.243 e. The molecule has 1 aromatic carbocycles. The lowest BCUT2D eigenvalue weighted by molar-refractivity contribution is 0.0774. The molecule has 4 nitrogen and oxygen atoms in total. The Hall–Kier alpha value is -1.21. The minimum absolute atomic E-state index is 0.337. The molecular formula is C20H26N2O2S2. The van der Waals surface area contributed by atoms with E-state index < -0.39 is 10.0 Å². The lowest BCUT2D eigenvalue weighted by Gasteiger charge is -2.46. The maximum atomic E-state index is 13.3. The number of fused-ring (bicyclic) bond motifs is 1. The summed E-state index contributed by atoms with van der Waals surface area (Å²) in [6.45, 7) is 11.0. The van der Waals surface area contributed by atoms with Crippen molar-refractivity contribution in [2.75, 3.05) is 19.6 Å². The molecule has 1 aromatic heterocycles. The van der Waals surface area contributed by atoms with Crippen LogP contribution in [0.25, 0.3) is 0 Å².